The van der Waals surface area contributed by atoms with Crippen molar-refractivity contribution < 1.29 is 28.6 Å². The number of morpholine rings is 1. The van der Waals surface area contributed by atoms with Crippen LogP contribution in [0.5, 0.6) is 11.5 Å². The zero-order chi connectivity index (χ0) is 25.5. The van der Waals surface area contributed by atoms with Crippen LogP contribution in [-0.4, -0.2) is 68.5 Å². The van der Waals surface area contributed by atoms with Crippen LogP contribution in [0.3, 0.4) is 0 Å². The number of nitrogens with zero attached hydrogens (tertiary/aromatic N) is 2. The molecule has 0 saturated carbocycles. The lowest BCUT2D eigenvalue weighted by atomic mass is 10.2. The fourth-order valence-electron chi connectivity index (χ4n) is 3.82. The van der Waals surface area contributed by atoms with Gasteiger partial charge in [0.15, 0.2) is 11.5 Å². The van der Waals surface area contributed by atoms with Crippen LogP contribution < -0.4 is 19.7 Å². The molecule has 2 aliphatic heterocycles. The molecule has 0 aromatic heterocycles. The van der Waals surface area contributed by atoms with E-state index in [1.165, 1.54) is 7.11 Å². The van der Waals surface area contributed by atoms with E-state index in [0.717, 1.165) is 22.3 Å². The van der Waals surface area contributed by atoms with Gasteiger partial charge in [0.25, 0.3) is 11.1 Å². The minimum atomic E-state index is -0.521. The summed E-state index contributed by atoms with van der Waals surface area (Å²) in [5.74, 6) is 0.0528. The third-order valence-electron chi connectivity index (χ3n) is 5.55. The van der Waals surface area contributed by atoms with Crippen molar-refractivity contribution in [3.05, 3.63) is 65.6 Å². The molecule has 1 N–H and O–H groups in total. The molecule has 188 valence electrons. The van der Waals surface area contributed by atoms with Gasteiger partial charge in [0, 0.05) is 13.1 Å². The van der Waals surface area contributed by atoms with Crippen LogP contribution >= 0.6 is 11.8 Å². The van der Waals surface area contributed by atoms with Crippen molar-refractivity contribution in [2.75, 3.05) is 56.8 Å². The van der Waals surface area contributed by atoms with Gasteiger partial charge < -0.3 is 24.4 Å². The highest BCUT2D eigenvalue weighted by atomic mass is 32.2. The zero-order valence-corrected chi connectivity index (χ0v) is 20.7. The molecule has 9 nitrogen and oxygen atoms in total. The molecule has 2 saturated heterocycles. The number of para-hydroxylation sites is 2. The van der Waals surface area contributed by atoms with E-state index in [1.54, 1.807) is 36.4 Å². The van der Waals surface area contributed by atoms with E-state index < -0.39 is 17.1 Å². The van der Waals surface area contributed by atoms with Crippen molar-refractivity contribution >= 4 is 46.3 Å². The van der Waals surface area contributed by atoms with Crippen molar-refractivity contribution in [2.24, 2.45) is 0 Å². The Labute approximate surface area is 213 Å². The summed E-state index contributed by atoms with van der Waals surface area (Å²) in [6.07, 6.45) is 3.22. The average Bonchev–Trinajstić information content (AvgIpc) is 3.15. The highest BCUT2D eigenvalue weighted by molar-refractivity contribution is 8.18. The molecule has 0 bridgehead atoms. The minimum absolute atomic E-state index is 0.225. The van der Waals surface area contributed by atoms with Crippen molar-refractivity contribution in [1.82, 2.24) is 4.90 Å². The first kappa shape index (κ1) is 25.3. The standard InChI is InChI=1S/C26H27N3O6S/c1-3-12-35-21-9-8-18(15-22(21)33-2)16-23-25(31)29(26(32)36-23)17-24(30)27-19-6-4-5-7-20(19)28-10-13-34-14-11-28/h3-9,15-16H,1,10-14,17H2,2H3,(H,27,30)/b23-16+. The molecule has 10 heteroatoms. The number of carbonyl (C=O) groups excluding carboxylic acids is 3. The molecule has 2 aromatic carbocycles. The topological polar surface area (TPSA) is 97.4 Å². The van der Waals surface area contributed by atoms with Crippen LogP contribution in [0.2, 0.25) is 0 Å². The number of benzene rings is 2. The highest BCUT2D eigenvalue weighted by Gasteiger charge is 2.36. The average molecular weight is 510 g/mol. The Balaban J connectivity index is 1.44. The normalized spacial score (nSPS) is 16.9. The molecular weight excluding hydrogens is 482 g/mol. The number of anilines is 2. The lowest BCUT2D eigenvalue weighted by molar-refractivity contribution is -0.127. The Morgan fingerprint density at radius 3 is 2.69 bits per heavy atom. The number of imide groups is 1. The van der Waals surface area contributed by atoms with Crippen LogP contribution in [0, 0.1) is 0 Å². The van der Waals surface area contributed by atoms with Crippen LogP contribution in [0.1, 0.15) is 5.56 Å². The maximum atomic E-state index is 12.9. The summed E-state index contributed by atoms with van der Waals surface area (Å²) in [7, 11) is 1.52. The predicted octanol–water partition coefficient (Wildman–Crippen LogP) is 3.77. The van der Waals surface area contributed by atoms with Gasteiger partial charge in [0.1, 0.15) is 13.2 Å². The quantitative estimate of drug-likeness (QED) is 0.403. The van der Waals surface area contributed by atoms with Crippen molar-refractivity contribution in [2.45, 2.75) is 0 Å². The molecule has 2 aliphatic rings. The van der Waals surface area contributed by atoms with E-state index in [0.29, 0.717) is 55.7 Å². The molecule has 0 atom stereocenters. The maximum absolute atomic E-state index is 12.9. The summed E-state index contributed by atoms with van der Waals surface area (Å²) < 4.78 is 16.3. The third kappa shape index (κ3) is 5.89. The molecule has 2 fully saturated rings. The summed E-state index contributed by atoms with van der Waals surface area (Å²) in [5.41, 5.74) is 2.16. The monoisotopic (exact) mass is 509 g/mol. The van der Waals surface area contributed by atoms with Gasteiger partial charge in [0.05, 0.1) is 36.6 Å². The number of amides is 3. The Hall–Kier alpha value is -3.76. The second-order valence-electron chi connectivity index (χ2n) is 7.94. The van der Waals surface area contributed by atoms with Gasteiger partial charge in [-0.1, -0.05) is 30.9 Å². The number of ether oxygens (including phenoxy) is 3. The molecule has 0 aliphatic carbocycles. The molecule has 0 radical (unpaired) electrons. The first-order valence-electron chi connectivity index (χ1n) is 11.4. The fraction of sp³-hybridized carbons (Fsp3) is 0.269. The van der Waals surface area contributed by atoms with E-state index in [4.69, 9.17) is 14.2 Å². The highest BCUT2D eigenvalue weighted by Crippen LogP contribution is 2.35. The fourth-order valence-corrected chi connectivity index (χ4v) is 4.66. The molecule has 2 heterocycles. The number of rotatable bonds is 9. The predicted molar refractivity (Wildman–Crippen MR) is 139 cm³/mol. The molecular formula is C26H27N3O6S. The summed E-state index contributed by atoms with van der Waals surface area (Å²) in [6, 6.07) is 12.6. The van der Waals surface area contributed by atoms with Gasteiger partial charge >= 0.3 is 0 Å². The molecule has 0 spiro atoms. The molecule has 0 unspecified atom stereocenters. The Kier molecular flexibility index (Phi) is 8.29. The van der Waals surface area contributed by atoms with E-state index in [1.807, 2.05) is 18.2 Å². The van der Waals surface area contributed by atoms with Gasteiger partial charge in [-0.25, -0.2) is 0 Å². The largest absolute Gasteiger partial charge is 0.493 e. The van der Waals surface area contributed by atoms with Gasteiger partial charge in [-0.05, 0) is 47.7 Å². The third-order valence-corrected chi connectivity index (χ3v) is 6.45. The molecule has 3 amide bonds. The van der Waals surface area contributed by atoms with E-state index in [9.17, 15) is 14.4 Å². The van der Waals surface area contributed by atoms with Crippen molar-refractivity contribution in [3.63, 3.8) is 0 Å². The molecule has 2 aromatic rings. The van der Waals surface area contributed by atoms with Crippen LogP contribution in [0.15, 0.2) is 60.0 Å². The number of carbonyl (C=O) groups is 3. The number of nitrogens with one attached hydrogen (secondary N) is 1. The second-order valence-corrected chi connectivity index (χ2v) is 8.94. The first-order chi connectivity index (χ1) is 17.5. The Morgan fingerprint density at radius 2 is 1.94 bits per heavy atom. The van der Waals surface area contributed by atoms with Crippen molar-refractivity contribution in [1.29, 1.82) is 0 Å². The van der Waals surface area contributed by atoms with E-state index >= 15 is 0 Å². The lowest BCUT2D eigenvalue weighted by Crippen LogP contribution is -2.38. The van der Waals surface area contributed by atoms with Crippen LogP contribution in [-0.2, 0) is 14.3 Å². The van der Waals surface area contributed by atoms with Crippen LogP contribution in [0.25, 0.3) is 6.08 Å². The maximum Gasteiger partial charge on any atom is 0.294 e. The summed E-state index contributed by atoms with van der Waals surface area (Å²) in [4.78, 5) is 41.6. The smallest absolute Gasteiger partial charge is 0.294 e. The molecule has 4 rings (SSSR count). The van der Waals surface area contributed by atoms with Gasteiger partial charge in [0.2, 0.25) is 5.91 Å². The molecule has 36 heavy (non-hydrogen) atoms. The van der Waals surface area contributed by atoms with Gasteiger partial charge in [-0.3, -0.25) is 19.3 Å². The first-order valence-corrected chi connectivity index (χ1v) is 12.2. The number of thioether (sulfide) groups is 1. The zero-order valence-electron chi connectivity index (χ0n) is 19.9. The SMILES string of the molecule is C=CCOc1ccc(/C=C2/SC(=O)N(CC(=O)Nc3ccccc3N3CCOCC3)C2=O)cc1OC. The van der Waals surface area contributed by atoms with Crippen molar-refractivity contribution in [3.8, 4) is 11.5 Å². The lowest BCUT2D eigenvalue weighted by Gasteiger charge is -2.30. The van der Waals surface area contributed by atoms with Crippen LogP contribution in [0.4, 0.5) is 16.2 Å². The minimum Gasteiger partial charge on any atom is -0.493 e. The van der Waals surface area contributed by atoms with Gasteiger partial charge in [-0.15, -0.1) is 0 Å². The van der Waals surface area contributed by atoms with E-state index in [2.05, 4.69) is 16.8 Å². The summed E-state index contributed by atoms with van der Waals surface area (Å²) in [6.45, 7) is 6.23. The second kappa shape index (κ2) is 11.8. The number of methoxy groups -OCH3 is 1. The van der Waals surface area contributed by atoms with E-state index in [-0.39, 0.29) is 11.4 Å². The Morgan fingerprint density at radius 1 is 1.17 bits per heavy atom. The summed E-state index contributed by atoms with van der Waals surface area (Å²) >= 11 is 0.793. The van der Waals surface area contributed by atoms with Gasteiger partial charge in [-0.2, -0.15) is 0 Å². The number of hydrogen-bond acceptors (Lipinski definition) is 8. The summed E-state index contributed by atoms with van der Waals surface area (Å²) in [5, 5.41) is 2.35. The Bertz CT molecular complexity index is 1190. The number of hydrogen-bond donors (Lipinski definition) is 1.